The fourth-order valence-corrected chi connectivity index (χ4v) is 7.33. The van der Waals surface area contributed by atoms with E-state index < -0.39 is 49.4 Å². The lowest BCUT2D eigenvalue weighted by molar-refractivity contribution is -0.126. The summed E-state index contributed by atoms with van der Waals surface area (Å²) in [5.41, 5.74) is -2.33. The van der Waals surface area contributed by atoms with Crippen LogP contribution in [0.2, 0.25) is 0 Å². The third-order valence-corrected chi connectivity index (χ3v) is 10.2. The molecule has 5 heterocycles. The number of rotatable bonds is 6. The van der Waals surface area contributed by atoms with E-state index in [9.17, 15) is 27.5 Å². The van der Waals surface area contributed by atoms with Gasteiger partial charge in [-0.25, -0.2) is 31.5 Å². The zero-order valence-electron chi connectivity index (χ0n) is 24.3. The Hall–Kier alpha value is -4.76. The van der Waals surface area contributed by atoms with Crippen LogP contribution in [0.4, 0.5) is 14.6 Å². The van der Waals surface area contributed by atoms with Crippen LogP contribution in [-0.4, -0.2) is 88.0 Å². The summed E-state index contributed by atoms with van der Waals surface area (Å²) < 4.78 is 64.2. The van der Waals surface area contributed by atoms with Gasteiger partial charge in [0.2, 0.25) is 5.91 Å². The molecule has 0 unspecified atom stereocenters. The highest BCUT2D eigenvalue weighted by atomic mass is 32.2. The van der Waals surface area contributed by atoms with Crippen molar-refractivity contribution in [3.05, 3.63) is 77.0 Å². The second-order valence-electron chi connectivity index (χ2n) is 10.9. The molecule has 15 heteroatoms. The average molecular weight is 639 g/mol. The molecule has 45 heavy (non-hydrogen) atoms. The van der Waals surface area contributed by atoms with E-state index in [0.717, 1.165) is 22.8 Å². The number of piperazine rings is 1. The number of phenols is 1. The Morgan fingerprint density at radius 3 is 2.56 bits per heavy atom. The largest absolute Gasteiger partial charge is 0.507 e. The molecule has 1 aromatic carbocycles. The number of carbonyl (C=O) groups is 1. The normalized spacial score (nSPS) is 17.4. The number of fused-ring (bicyclic) bond motifs is 1. The Balaban J connectivity index is 1.66. The van der Waals surface area contributed by atoms with Gasteiger partial charge < -0.3 is 19.6 Å². The third kappa shape index (κ3) is 5.01. The first kappa shape index (κ1) is 30.3. The Labute approximate surface area is 256 Å². The average Bonchev–Trinajstić information content (AvgIpc) is 2.96. The van der Waals surface area contributed by atoms with Crippen LogP contribution in [0.3, 0.4) is 0 Å². The Kier molecular flexibility index (Phi) is 7.61. The quantitative estimate of drug-likeness (QED) is 0.313. The van der Waals surface area contributed by atoms with Gasteiger partial charge in [0.25, 0.3) is 0 Å². The molecule has 12 nitrogen and oxygen atoms in total. The standard InChI is InChI=1S/C30H28F2N6O6S/c1-4-24(40)36-10-11-37(16(2)13-36)28-19-12-21(32)26(25-20(31)6-5-7-22(25)39)34-29(19)38(30(41)35-28)27-17(3)33-9-8-23(27)45(42,43)18-14-44-15-18/h4-9,12,16,18,39H,1,10-11,13-15H2,2-3H3/t16-/m0/s1. The number of aromatic hydroxyl groups is 1. The number of pyridine rings is 2. The van der Waals surface area contributed by atoms with Crippen LogP contribution in [-0.2, 0) is 19.4 Å². The maximum atomic E-state index is 15.9. The van der Waals surface area contributed by atoms with Gasteiger partial charge in [0, 0.05) is 31.9 Å². The van der Waals surface area contributed by atoms with Crippen molar-refractivity contribution in [3.8, 4) is 22.7 Å². The minimum atomic E-state index is -4.04. The molecule has 6 rings (SSSR count). The highest BCUT2D eigenvalue weighted by Crippen LogP contribution is 2.37. The molecule has 0 aliphatic carbocycles. The molecule has 2 aliphatic heterocycles. The van der Waals surface area contributed by atoms with Crippen LogP contribution in [0.25, 0.3) is 28.0 Å². The number of hydrogen-bond donors (Lipinski definition) is 1. The van der Waals surface area contributed by atoms with E-state index in [4.69, 9.17) is 4.74 Å². The van der Waals surface area contributed by atoms with Gasteiger partial charge in [-0.3, -0.25) is 9.78 Å². The van der Waals surface area contributed by atoms with E-state index >= 15 is 4.39 Å². The van der Waals surface area contributed by atoms with Crippen molar-refractivity contribution in [2.24, 2.45) is 0 Å². The molecule has 234 valence electrons. The SMILES string of the molecule is C=CC(=O)N1CCN(c2nc(=O)n(-c3c(S(=O)(=O)C4COC4)ccnc3C)c3nc(-c4c(O)cccc4F)c(F)cc23)[C@@H](C)C1. The Bertz CT molecular complexity index is 2030. The molecule has 2 aliphatic rings. The summed E-state index contributed by atoms with van der Waals surface area (Å²) in [7, 11) is -4.04. The number of anilines is 1. The van der Waals surface area contributed by atoms with Crippen molar-refractivity contribution in [1.29, 1.82) is 0 Å². The first-order chi connectivity index (χ1) is 21.4. The van der Waals surface area contributed by atoms with Gasteiger partial charge in [-0.05, 0) is 44.2 Å². The topological polar surface area (TPSA) is 148 Å². The zero-order chi connectivity index (χ0) is 32.2. The van der Waals surface area contributed by atoms with Crippen LogP contribution in [0.15, 0.2) is 58.9 Å². The fraction of sp³-hybridized carbons (Fsp3) is 0.300. The molecular formula is C30H28F2N6O6S. The van der Waals surface area contributed by atoms with Crippen LogP contribution in [0.1, 0.15) is 12.6 Å². The predicted molar refractivity (Wildman–Crippen MR) is 160 cm³/mol. The maximum Gasteiger partial charge on any atom is 0.355 e. The van der Waals surface area contributed by atoms with Gasteiger partial charge >= 0.3 is 5.69 Å². The molecule has 3 aromatic heterocycles. The van der Waals surface area contributed by atoms with Crippen LogP contribution in [0, 0.1) is 18.6 Å². The number of amides is 1. The number of phenolic OH excluding ortho intramolecular Hbond substituents is 1. The number of aromatic nitrogens is 4. The number of hydrogen-bond acceptors (Lipinski definition) is 10. The van der Waals surface area contributed by atoms with Gasteiger partial charge in [0.1, 0.15) is 28.3 Å². The number of sulfone groups is 1. The molecular weight excluding hydrogens is 610 g/mol. The first-order valence-electron chi connectivity index (χ1n) is 14.0. The monoisotopic (exact) mass is 638 g/mol. The lowest BCUT2D eigenvalue weighted by atomic mass is 10.1. The molecule has 0 saturated carbocycles. The molecule has 0 radical (unpaired) electrons. The summed E-state index contributed by atoms with van der Waals surface area (Å²) >= 11 is 0. The predicted octanol–water partition coefficient (Wildman–Crippen LogP) is 2.53. The van der Waals surface area contributed by atoms with Gasteiger partial charge in [-0.2, -0.15) is 4.98 Å². The minimum Gasteiger partial charge on any atom is -0.507 e. The Morgan fingerprint density at radius 2 is 1.91 bits per heavy atom. The summed E-state index contributed by atoms with van der Waals surface area (Å²) in [5, 5.41) is 9.63. The lowest BCUT2D eigenvalue weighted by Gasteiger charge is -2.40. The van der Waals surface area contributed by atoms with E-state index in [1.165, 1.54) is 31.3 Å². The molecule has 1 atom stereocenters. The number of nitrogens with zero attached hydrogens (tertiary/aromatic N) is 6. The maximum absolute atomic E-state index is 15.9. The van der Waals surface area contributed by atoms with E-state index in [-0.39, 0.29) is 77.9 Å². The third-order valence-electron chi connectivity index (χ3n) is 8.06. The van der Waals surface area contributed by atoms with Gasteiger partial charge in [0.05, 0.1) is 40.4 Å². The van der Waals surface area contributed by atoms with Crippen molar-refractivity contribution in [1.82, 2.24) is 24.4 Å². The van der Waals surface area contributed by atoms with Gasteiger partial charge in [-0.1, -0.05) is 12.6 Å². The number of halogens is 2. The number of benzene rings is 1. The number of carbonyl (C=O) groups excluding carboxylic acids is 1. The summed E-state index contributed by atoms with van der Waals surface area (Å²) in [5.74, 6) is -2.81. The van der Waals surface area contributed by atoms with Crippen LogP contribution in [0.5, 0.6) is 5.75 Å². The molecule has 2 saturated heterocycles. The second kappa shape index (κ2) is 11.3. The minimum absolute atomic E-state index is 0.0144. The highest BCUT2D eigenvalue weighted by Gasteiger charge is 2.38. The van der Waals surface area contributed by atoms with Crippen molar-refractivity contribution < 1.29 is 31.8 Å². The highest BCUT2D eigenvalue weighted by molar-refractivity contribution is 7.92. The van der Waals surface area contributed by atoms with Crippen molar-refractivity contribution in [2.45, 2.75) is 30.0 Å². The molecule has 1 amide bonds. The van der Waals surface area contributed by atoms with E-state index in [1.807, 2.05) is 0 Å². The summed E-state index contributed by atoms with van der Waals surface area (Å²) in [6.45, 7) is 7.49. The van der Waals surface area contributed by atoms with Crippen LogP contribution >= 0.6 is 0 Å². The lowest BCUT2D eigenvalue weighted by Crippen LogP contribution is -2.54. The first-order valence-corrected chi connectivity index (χ1v) is 15.6. The van der Waals surface area contributed by atoms with Gasteiger partial charge in [-0.15, -0.1) is 0 Å². The summed E-state index contributed by atoms with van der Waals surface area (Å²) in [6, 6.07) is 5.32. The molecule has 0 bridgehead atoms. The molecule has 1 N–H and O–H groups in total. The van der Waals surface area contributed by atoms with Crippen LogP contribution < -0.4 is 10.6 Å². The molecule has 4 aromatic rings. The zero-order valence-corrected chi connectivity index (χ0v) is 25.1. The summed E-state index contributed by atoms with van der Waals surface area (Å²) in [4.78, 5) is 42.3. The smallest absolute Gasteiger partial charge is 0.355 e. The molecule has 2 fully saturated rings. The molecule has 0 spiro atoms. The number of aryl methyl sites for hydroxylation is 1. The van der Waals surface area contributed by atoms with E-state index in [1.54, 1.807) is 16.7 Å². The second-order valence-corrected chi connectivity index (χ2v) is 13.1. The van der Waals surface area contributed by atoms with Crippen molar-refractivity contribution in [2.75, 3.05) is 37.7 Å². The fourth-order valence-electron chi connectivity index (χ4n) is 5.66. The van der Waals surface area contributed by atoms with Crippen molar-refractivity contribution >= 4 is 32.6 Å². The van der Waals surface area contributed by atoms with E-state index in [2.05, 4.69) is 21.5 Å². The Morgan fingerprint density at radius 1 is 1.16 bits per heavy atom. The number of ether oxygens (including phenoxy) is 1. The summed E-state index contributed by atoms with van der Waals surface area (Å²) in [6.07, 6.45) is 2.50. The van der Waals surface area contributed by atoms with Crippen molar-refractivity contribution in [3.63, 3.8) is 0 Å². The van der Waals surface area contributed by atoms with E-state index in [0.29, 0.717) is 0 Å². The van der Waals surface area contributed by atoms with Gasteiger partial charge in [0.15, 0.2) is 21.3 Å².